The number of carboxylic acid groups (broad SMARTS) is 1. The molecule has 0 fully saturated rings. The Kier molecular flexibility index (Phi) is 6.07. The molecule has 0 saturated carbocycles. The van der Waals surface area contributed by atoms with Crippen molar-refractivity contribution < 1.29 is 24.2 Å². The van der Waals surface area contributed by atoms with Crippen LogP contribution in [0.3, 0.4) is 0 Å². The largest absolute Gasteiger partial charge is 0.478 e. The number of ether oxygens (including phenoxy) is 1. The van der Waals surface area contributed by atoms with Gasteiger partial charge in [0, 0.05) is 41.8 Å². The third kappa shape index (κ3) is 4.42. The van der Waals surface area contributed by atoms with E-state index in [1.54, 1.807) is 0 Å². The van der Waals surface area contributed by atoms with Crippen molar-refractivity contribution in [3.05, 3.63) is 69.9 Å². The van der Waals surface area contributed by atoms with E-state index in [1.165, 1.54) is 18.2 Å². The molecule has 8 nitrogen and oxygen atoms in total. The summed E-state index contributed by atoms with van der Waals surface area (Å²) >= 11 is 5.84. The fourth-order valence-electron chi connectivity index (χ4n) is 3.73. The molecule has 1 aromatic heterocycles. The molecule has 1 amide bonds. The van der Waals surface area contributed by atoms with Gasteiger partial charge in [-0.2, -0.15) is 0 Å². The lowest BCUT2D eigenvalue weighted by molar-refractivity contribution is -0.119. The van der Waals surface area contributed by atoms with E-state index in [9.17, 15) is 14.4 Å². The highest BCUT2D eigenvalue weighted by atomic mass is 35.5. The van der Waals surface area contributed by atoms with Crippen LogP contribution in [-0.4, -0.2) is 53.0 Å². The number of rotatable bonds is 5. The van der Waals surface area contributed by atoms with Crippen LogP contribution in [0.15, 0.2) is 42.5 Å². The summed E-state index contributed by atoms with van der Waals surface area (Å²) in [4.78, 5) is 43.4. The Morgan fingerprint density at radius 2 is 2.00 bits per heavy atom. The first-order chi connectivity index (χ1) is 15.3. The predicted molar refractivity (Wildman–Crippen MR) is 119 cm³/mol. The highest BCUT2D eigenvalue weighted by molar-refractivity contribution is 6.33. The van der Waals surface area contributed by atoms with Crippen LogP contribution in [0.2, 0.25) is 5.02 Å². The fraction of sp³-hybridized carbons (Fsp3) is 0.217. The zero-order chi connectivity index (χ0) is 22.8. The third-order valence-electron chi connectivity index (χ3n) is 5.26. The van der Waals surface area contributed by atoms with Crippen LogP contribution in [0.25, 0.3) is 10.9 Å². The lowest BCUT2D eigenvalue weighted by Gasteiger charge is -2.26. The van der Waals surface area contributed by atoms with Crippen molar-refractivity contribution in [2.24, 2.45) is 0 Å². The SMILES string of the molecule is CN1CCc2nc3ccccc3c(C(=O)OCC(=O)Nc3ccc(Cl)c(C(=O)O)c3)c2C1. The van der Waals surface area contributed by atoms with E-state index in [1.807, 2.05) is 31.3 Å². The maximum atomic E-state index is 13.0. The van der Waals surface area contributed by atoms with Gasteiger partial charge in [0.25, 0.3) is 5.91 Å². The second-order valence-corrected chi connectivity index (χ2v) is 7.95. The molecule has 0 bridgehead atoms. The van der Waals surface area contributed by atoms with Crippen molar-refractivity contribution in [2.75, 3.05) is 25.5 Å². The molecule has 32 heavy (non-hydrogen) atoms. The summed E-state index contributed by atoms with van der Waals surface area (Å²) in [6.07, 6.45) is 0.722. The number of esters is 1. The number of fused-ring (bicyclic) bond motifs is 2. The first-order valence-electron chi connectivity index (χ1n) is 9.92. The number of para-hydroxylation sites is 1. The second kappa shape index (κ2) is 8.94. The normalized spacial score (nSPS) is 13.4. The quantitative estimate of drug-likeness (QED) is 0.570. The average molecular weight is 454 g/mol. The molecule has 0 atom stereocenters. The van der Waals surface area contributed by atoms with Gasteiger partial charge in [-0.15, -0.1) is 0 Å². The molecular formula is C23H20ClN3O5. The van der Waals surface area contributed by atoms with Crippen molar-refractivity contribution >= 4 is 46.0 Å². The standard InChI is InChI=1S/C23H20ClN3O5/c1-27-9-8-19-16(11-27)21(14-4-2-3-5-18(14)26-19)23(31)32-12-20(28)25-13-6-7-17(24)15(10-13)22(29)30/h2-7,10H,8-9,11-12H2,1H3,(H,25,28)(H,29,30). The highest BCUT2D eigenvalue weighted by Crippen LogP contribution is 2.28. The lowest BCUT2D eigenvalue weighted by Crippen LogP contribution is -2.30. The van der Waals surface area contributed by atoms with Crippen molar-refractivity contribution in [1.29, 1.82) is 0 Å². The molecule has 0 saturated heterocycles. The van der Waals surface area contributed by atoms with Gasteiger partial charge in [-0.25, -0.2) is 9.59 Å². The number of carbonyl (C=O) groups is 3. The molecule has 2 aromatic carbocycles. The summed E-state index contributed by atoms with van der Waals surface area (Å²) in [6, 6.07) is 11.4. The molecule has 0 aliphatic carbocycles. The number of aromatic nitrogens is 1. The van der Waals surface area contributed by atoms with Crippen LogP contribution < -0.4 is 5.32 Å². The van der Waals surface area contributed by atoms with Gasteiger partial charge in [0.15, 0.2) is 6.61 Å². The maximum Gasteiger partial charge on any atom is 0.339 e. The zero-order valence-corrected chi connectivity index (χ0v) is 18.0. The minimum absolute atomic E-state index is 0.0567. The van der Waals surface area contributed by atoms with Crippen LogP contribution in [0.5, 0.6) is 0 Å². The van der Waals surface area contributed by atoms with Gasteiger partial charge in [0.05, 0.1) is 21.7 Å². The van der Waals surface area contributed by atoms with Crippen molar-refractivity contribution in [2.45, 2.75) is 13.0 Å². The van der Waals surface area contributed by atoms with Gasteiger partial charge < -0.3 is 20.1 Å². The van der Waals surface area contributed by atoms with Crippen LogP contribution in [0, 0.1) is 0 Å². The molecule has 2 N–H and O–H groups in total. The number of hydrogen-bond donors (Lipinski definition) is 2. The Labute approximate surface area is 188 Å². The Morgan fingerprint density at radius 3 is 2.78 bits per heavy atom. The van der Waals surface area contributed by atoms with Crippen LogP contribution in [0.4, 0.5) is 5.69 Å². The van der Waals surface area contributed by atoms with Gasteiger partial charge in [0.2, 0.25) is 0 Å². The molecule has 1 aliphatic rings. The molecule has 0 unspecified atom stereocenters. The molecule has 3 aromatic rings. The summed E-state index contributed by atoms with van der Waals surface area (Å²) in [5.41, 5.74) is 2.90. The van der Waals surface area contributed by atoms with Gasteiger partial charge in [-0.1, -0.05) is 29.8 Å². The number of nitrogens with zero attached hydrogens (tertiary/aromatic N) is 2. The zero-order valence-electron chi connectivity index (χ0n) is 17.2. The number of likely N-dealkylation sites (N-methyl/N-ethyl adjacent to an activating group) is 1. The minimum atomic E-state index is -1.21. The lowest BCUT2D eigenvalue weighted by atomic mass is 9.96. The number of halogens is 1. The molecule has 2 heterocycles. The average Bonchev–Trinajstić information content (AvgIpc) is 2.77. The van der Waals surface area contributed by atoms with E-state index in [2.05, 4.69) is 10.2 Å². The summed E-state index contributed by atoms with van der Waals surface area (Å²) in [5.74, 6) is -2.41. The van der Waals surface area contributed by atoms with Gasteiger partial charge in [-0.3, -0.25) is 9.78 Å². The Bertz CT molecular complexity index is 1240. The van der Waals surface area contributed by atoms with E-state index < -0.39 is 24.5 Å². The summed E-state index contributed by atoms with van der Waals surface area (Å²) in [6.45, 7) is 0.881. The number of anilines is 1. The molecule has 9 heteroatoms. The van der Waals surface area contributed by atoms with E-state index in [0.717, 1.165) is 24.2 Å². The van der Waals surface area contributed by atoms with E-state index in [-0.39, 0.29) is 16.3 Å². The third-order valence-corrected chi connectivity index (χ3v) is 5.59. The van der Waals surface area contributed by atoms with Crippen LogP contribution >= 0.6 is 11.6 Å². The van der Waals surface area contributed by atoms with Crippen LogP contribution in [-0.2, 0) is 22.5 Å². The van der Waals surface area contributed by atoms with Gasteiger partial charge >= 0.3 is 11.9 Å². The smallest absolute Gasteiger partial charge is 0.339 e. The predicted octanol–water partition coefficient (Wildman–Crippen LogP) is 3.37. The minimum Gasteiger partial charge on any atom is -0.478 e. The van der Waals surface area contributed by atoms with Crippen LogP contribution in [0.1, 0.15) is 32.0 Å². The summed E-state index contributed by atoms with van der Waals surface area (Å²) in [7, 11) is 1.97. The van der Waals surface area contributed by atoms with Crippen molar-refractivity contribution in [1.82, 2.24) is 9.88 Å². The second-order valence-electron chi connectivity index (χ2n) is 7.54. The number of carbonyl (C=O) groups excluding carboxylic acids is 2. The highest BCUT2D eigenvalue weighted by Gasteiger charge is 2.25. The van der Waals surface area contributed by atoms with E-state index in [4.69, 9.17) is 26.4 Å². The summed E-state index contributed by atoms with van der Waals surface area (Å²) < 4.78 is 5.33. The summed E-state index contributed by atoms with van der Waals surface area (Å²) in [5, 5.41) is 12.4. The van der Waals surface area contributed by atoms with Gasteiger partial charge in [0.1, 0.15) is 0 Å². The number of pyridine rings is 1. The van der Waals surface area contributed by atoms with Crippen molar-refractivity contribution in [3.8, 4) is 0 Å². The molecular weight excluding hydrogens is 434 g/mol. The molecule has 0 radical (unpaired) electrons. The molecule has 4 rings (SSSR count). The number of hydrogen-bond acceptors (Lipinski definition) is 6. The Hall–Kier alpha value is -3.49. The monoisotopic (exact) mass is 453 g/mol. The maximum absolute atomic E-state index is 13.0. The topological polar surface area (TPSA) is 109 Å². The number of amides is 1. The Balaban J connectivity index is 1.53. The first kappa shape index (κ1) is 21.7. The molecule has 164 valence electrons. The number of benzene rings is 2. The first-order valence-corrected chi connectivity index (χ1v) is 10.3. The Morgan fingerprint density at radius 1 is 1.22 bits per heavy atom. The fourth-order valence-corrected chi connectivity index (χ4v) is 3.92. The van der Waals surface area contributed by atoms with E-state index in [0.29, 0.717) is 23.0 Å². The van der Waals surface area contributed by atoms with E-state index >= 15 is 0 Å². The molecule has 1 aliphatic heterocycles. The number of carboxylic acids is 1. The van der Waals surface area contributed by atoms with Gasteiger partial charge in [-0.05, 0) is 31.3 Å². The number of nitrogens with one attached hydrogen (secondary N) is 1. The van der Waals surface area contributed by atoms with Crippen molar-refractivity contribution in [3.63, 3.8) is 0 Å². The molecule has 0 spiro atoms. The number of aromatic carboxylic acids is 1.